The van der Waals surface area contributed by atoms with E-state index in [1.807, 2.05) is 77.8 Å². The molecule has 7 heteroatoms. The first kappa shape index (κ1) is 21.1. The van der Waals surface area contributed by atoms with E-state index in [0.29, 0.717) is 17.4 Å². The fourth-order valence-corrected chi connectivity index (χ4v) is 4.66. The average Bonchev–Trinajstić information content (AvgIpc) is 3.55. The van der Waals surface area contributed by atoms with Gasteiger partial charge in [0.15, 0.2) is 0 Å². The molecule has 0 radical (unpaired) electrons. The lowest BCUT2D eigenvalue weighted by Crippen LogP contribution is -2.20. The number of aromatic nitrogens is 2. The average molecular weight is 530 g/mol. The zero-order valence-electron chi connectivity index (χ0n) is 17.9. The lowest BCUT2D eigenvalue weighted by atomic mass is 10.0. The van der Waals surface area contributed by atoms with E-state index in [-0.39, 0.29) is 6.04 Å². The number of halogens is 2. The summed E-state index contributed by atoms with van der Waals surface area (Å²) in [5.41, 5.74) is 4.62. The number of furan rings is 1. The Morgan fingerprint density at radius 1 is 0.882 bits per heavy atom. The van der Waals surface area contributed by atoms with Gasteiger partial charge in [-0.15, -0.1) is 0 Å². The highest BCUT2D eigenvalue weighted by atomic mass is 79.9. The smallest absolute Gasteiger partial charge is 0.248 e. The summed E-state index contributed by atoms with van der Waals surface area (Å²) in [5, 5.41) is 8.39. The van der Waals surface area contributed by atoms with Gasteiger partial charge in [0.2, 0.25) is 5.95 Å². The summed E-state index contributed by atoms with van der Waals surface area (Å²) in [6.45, 7) is 0. The fraction of sp³-hybridized carbons (Fsp3) is 0.0741. The molecule has 3 aromatic carbocycles. The minimum absolute atomic E-state index is 0.151. The van der Waals surface area contributed by atoms with Gasteiger partial charge >= 0.3 is 0 Å². The molecule has 5 aromatic rings. The molecule has 1 unspecified atom stereocenters. The van der Waals surface area contributed by atoms with E-state index in [1.54, 1.807) is 6.26 Å². The summed E-state index contributed by atoms with van der Waals surface area (Å²) in [6.07, 6.45) is 2.36. The van der Waals surface area contributed by atoms with Crippen LogP contribution in [0.15, 0.2) is 105 Å². The number of hydrogen-bond acceptors (Lipinski definition) is 5. The second-order valence-corrected chi connectivity index (χ2v) is 9.39. The van der Waals surface area contributed by atoms with Crippen molar-refractivity contribution in [2.24, 2.45) is 5.10 Å². The van der Waals surface area contributed by atoms with Crippen LogP contribution in [0, 0.1) is 0 Å². The monoisotopic (exact) mass is 528 g/mol. The van der Waals surface area contributed by atoms with Crippen LogP contribution in [0.4, 0.5) is 5.95 Å². The fourth-order valence-electron chi connectivity index (χ4n) is 4.22. The molecule has 0 saturated carbocycles. The molecular formula is C27H18BrClN4O. The van der Waals surface area contributed by atoms with Crippen LogP contribution in [-0.2, 0) is 0 Å². The molecule has 0 aliphatic carbocycles. The lowest BCUT2D eigenvalue weighted by Gasteiger charge is -2.21. The van der Waals surface area contributed by atoms with E-state index < -0.39 is 0 Å². The van der Waals surface area contributed by atoms with Crippen molar-refractivity contribution in [2.75, 3.05) is 5.01 Å². The summed E-state index contributed by atoms with van der Waals surface area (Å²) in [6, 6.07) is 27.6. The van der Waals surface area contributed by atoms with Gasteiger partial charge in [0.1, 0.15) is 11.8 Å². The molecule has 3 heterocycles. The summed E-state index contributed by atoms with van der Waals surface area (Å²) in [5.74, 6) is 1.33. The highest BCUT2D eigenvalue weighted by molar-refractivity contribution is 9.10. The van der Waals surface area contributed by atoms with Crippen LogP contribution in [0.3, 0.4) is 0 Å². The van der Waals surface area contributed by atoms with E-state index in [0.717, 1.165) is 43.7 Å². The molecule has 2 aromatic heterocycles. The maximum absolute atomic E-state index is 6.33. The Bertz CT molecular complexity index is 1500. The number of fused-ring (bicyclic) bond motifs is 1. The van der Waals surface area contributed by atoms with Crippen molar-refractivity contribution in [1.29, 1.82) is 0 Å². The minimum Gasteiger partial charge on any atom is -0.467 e. The predicted octanol–water partition coefficient (Wildman–Crippen LogP) is 7.66. The highest BCUT2D eigenvalue weighted by Crippen LogP contribution is 2.38. The SMILES string of the molecule is Clc1ccc2nc(N3N=C(c4ccc(Br)cc4)CC3c3ccco3)nc(-c3ccccc3)c2c1. The summed E-state index contributed by atoms with van der Waals surface area (Å²) in [7, 11) is 0. The second-order valence-electron chi connectivity index (χ2n) is 8.03. The minimum atomic E-state index is -0.151. The Balaban J connectivity index is 1.53. The Labute approximate surface area is 209 Å². The summed E-state index contributed by atoms with van der Waals surface area (Å²) < 4.78 is 6.82. The Kier molecular flexibility index (Phi) is 5.40. The van der Waals surface area contributed by atoms with Gasteiger partial charge in [-0.25, -0.2) is 15.0 Å². The van der Waals surface area contributed by atoms with Gasteiger partial charge in [-0.1, -0.05) is 70.0 Å². The van der Waals surface area contributed by atoms with Crippen LogP contribution in [-0.4, -0.2) is 15.7 Å². The predicted molar refractivity (Wildman–Crippen MR) is 139 cm³/mol. The first-order valence-corrected chi connectivity index (χ1v) is 12.0. The number of hydrogen-bond donors (Lipinski definition) is 0. The van der Waals surface area contributed by atoms with Crippen molar-refractivity contribution < 1.29 is 4.42 Å². The van der Waals surface area contributed by atoms with Gasteiger partial charge in [-0.2, -0.15) is 5.10 Å². The van der Waals surface area contributed by atoms with E-state index in [4.69, 9.17) is 31.1 Å². The van der Waals surface area contributed by atoms with Crippen LogP contribution in [0.25, 0.3) is 22.2 Å². The summed E-state index contributed by atoms with van der Waals surface area (Å²) >= 11 is 9.84. The third-order valence-corrected chi connectivity index (χ3v) is 6.62. The third kappa shape index (κ3) is 3.89. The van der Waals surface area contributed by atoms with Gasteiger partial charge in [-0.3, -0.25) is 0 Å². The zero-order chi connectivity index (χ0) is 23.1. The molecule has 0 saturated heterocycles. The molecular weight excluding hydrogens is 512 g/mol. The second kappa shape index (κ2) is 8.70. The maximum atomic E-state index is 6.33. The molecule has 34 heavy (non-hydrogen) atoms. The van der Waals surface area contributed by atoms with Crippen molar-refractivity contribution in [3.8, 4) is 11.3 Å². The number of benzene rings is 3. The quantitative estimate of drug-likeness (QED) is 0.240. The first-order valence-electron chi connectivity index (χ1n) is 10.8. The Morgan fingerprint density at radius 3 is 2.47 bits per heavy atom. The molecule has 5 nitrogen and oxygen atoms in total. The van der Waals surface area contributed by atoms with Gasteiger partial charge in [0.05, 0.1) is 23.2 Å². The lowest BCUT2D eigenvalue weighted by molar-refractivity contribution is 0.463. The van der Waals surface area contributed by atoms with Crippen molar-refractivity contribution in [3.05, 3.63) is 112 Å². The number of rotatable bonds is 4. The largest absolute Gasteiger partial charge is 0.467 e. The van der Waals surface area contributed by atoms with Gasteiger partial charge in [0, 0.05) is 26.9 Å². The molecule has 0 amide bonds. The van der Waals surface area contributed by atoms with Crippen molar-refractivity contribution in [3.63, 3.8) is 0 Å². The van der Waals surface area contributed by atoms with Crippen LogP contribution in [0.1, 0.15) is 23.8 Å². The van der Waals surface area contributed by atoms with Crippen LogP contribution in [0.5, 0.6) is 0 Å². The molecule has 6 rings (SSSR count). The number of hydrazone groups is 1. The topological polar surface area (TPSA) is 54.5 Å². The number of nitrogens with zero attached hydrogens (tertiary/aromatic N) is 4. The van der Waals surface area contributed by atoms with Crippen LogP contribution in [0.2, 0.25) is 5.02 Å². The van der Waals surface area contributed by atoms with E-state index in [9.17, 15) is 0 Å². The third-order valence-electron chi connectivity index (χ3n) is 5.86. The van der Waals surface area contributed by atoms with Crippen molar-refractivity contribution in [2.45, 2.75) is 12.5 Å². The molecule has 1 atom stereocenters. The van der Waals surface area contributed by atoms with Crippen molar-refractivity contribution in [1.82, 2.24) is 9.97 Å². The van der Waals surface area contributed by atoms with Crippen LogP contribution >= 0.6 is 27.5 Å². The Morgan fingerprint density at radius 2 is 1.71 bits per heavy atom. The normalized spacial score (nSPS) is 15.6. The van der Waals surface area contributed by atoms with Gasteiger partial charge in [-0.05, 0) is 48.0 Å². The highest BCUT2D eigenvalue weighted by Gasteiger charge is 2.34. The zero-order valence-corrected chi connectivity index (χ0v) is 20.2. The van der Waals surface area contributed by atoms with E-state index in [2.05, 4.69) is 28.1 Å². The number of anilines is 1. The molecule has 0 fully saturated rings. The Hall–Kier alpha value is -3.48. The first-order chi connectivity index (χ1) is 16.7. The van der Waals surface area contributed by atoms with Crippen molar-refractivity contribution >= 4 is 50.1 Å². The van der Waals surface area contributed by atoms with Crippen LogP contribution < -0.4 is 5.01 Å². The van der Waals surface area contributed by atoms with Gasteiger partial charge in [0.25, 0.3) is 0 Å². The molecule has 166 valence electrons. The molecule has 1 aliphatic heterocycles. The van der Waals surface area contributed by atoms with E-state index in [1.165, 1.54) is 0 Å². The molecule has 0 spiro atoms. The maximum Gasteiger partial charge on any atom is 0.248 e. The summed E-state index contributed by atoms with van der Waals surface area (Å²) in [4.78, 5) is 9.88. The van der Waals surface area contributed by atoms with Gasteiger partial charge < -0.3 is 4.42 Å². The molecule has 0 bridgehead atoms. The molecule has 1 aliphatic rings. The standard InChI is InChI=1S/C27H18BrClN4O/c28-19-10-8-17(9-11-19)23-16-24(25-7-4-14-34-25)33(32-23)27-30-22-13-12-20(29)15-21(22)26(31-27)18-5-2-1-3-6-18/h1-15,24H,16H2. The molecule has 0 N–H and O–H groups in total. The van der Waals surface area contributed by atoms with E-state index >= 15 is 0 Å².